The third kappa shape index (κ3) is 2.59. The van der Waals surface area contributed by atoms with Gasteiger partial charge in [-0.25, -0.2) is 9.78 Å². The summed E-state index contributed by atoms with van der Waals surface area (Å²) in [6, 6.07) is 0. The van der Waals surface area contributed by atoms with Gasteiger partial charge in [0.05, 0.1) is 12.7 Å². The van der Waals surface area contributed by atoms with Crippen molar-refractivity contribution in [1.82, 2.24) is 19.8 Å². The number of carbonyl (C=O) groups is 1. The van der Waals surface area contributed by atoms with E-state index in [0.717, 1.165) is 32.0 Å². The number of carboxylic acid groups (broad SMARTS) is 1. The van der Waals surface area contributed by atoms with Crippen molar-refractivity contribution in [1.29, 1.82) is 0 Å². The summed E-state index contributed by atoms with van der Waals surface area (Å²) in [5, 5.41) is 8.75. The fourth-order valence-corrected chi connectivity index (χ4v) is 1.77. The van der Waals surface area contributed by atoms with Crippen LogP contribution in [0.25, 0.3) is 0 Å². The van der Waals surface area contributed by atoms with E-state index in [1.54, 1.807) is 0 Å². The van der Waals surface area contributed by atoms with Gasteiger partial charge in [0.2, 0.25) is 0 Å². The molecule has 1 aromatic heterocycles. The minimum Gasteiger partial charge on any atom is -0.477 e. The molecule has 1 aliphatic heterocycles. The Morgan fingerprint density at radius 3 is 2.75 bits per heavy atom. The maximum absolute atomic E-state index is 10.7. The highest BCUT2D eigenvalue weighted by Gasteiger charge is 2.15. The van der Waals surface area contributed by atoms with Gasteiger partial charge in [-0.3, -0.25) is 4.90 Å². The van der Waals surface area contributed by atoms with Crippen LogP contribution >= 0.6 is 0 Å². The Morgan fingerprint density at radius 2 is 2.19 bits per heavy atom. The number of H-pyrrole nitrogens is 1. The maximum Gasteiger partial charge on any atom is 0.353 e. The van der Waals surface area contributed by atoms with Crippen LogP contribution in [0.2, 0.25) is 0 Å². The molecule has 0 aromatic carbocycles. The first-order valence-corrected chi connectivity index (χ1v) is 5.33. The molecule has 16 heavy (non-hydrogen) atoms. The standard InChI is InChI=1S/C10H16N4O2/c1-13-2-4-14(5-3-13)7-9-11-6-8(12-9)10(15)16/h6H,2-5,7H2,1H3,(H,11,12)(H,15,16). The molecule has 0 saturated carbocycles. The molecular weight excluding hydrogens is 208 g/mol. The Kier molecular flexibility index (Phi) is 3.21. The van der Waals surface area contributed by atoms with E-state index < -0.39 is 5.97 Å². The van der Waals surface area contributed by atoms with Crippen molar-refractivity contribution in [2.75, 3.05) is 33.2 Å². The monoisotopic (exact) mass is 224 g/mol. The van der Waals surface area contributed by atoms with Gasteiger partial charge in [0.1, 0.15) is 11.5 Å². The average Bonchev–Trinajstić information content (AvgIpc) is 2.70. The van der Waals surface area contributed by atoms with Crippen molar-refractivity contribution < 1.29 is 9.90 Å². The molecule has 0 aliphatic carbocycles. The van der Waals surface area contributed by atoms with E-state index in [1.165, 1.54) is 6.20 Å². The summed E-state index contributed by atoms with van der Waals surface area (Å²) >= 11 is 0. The zero-order valence-corrected chi connectivity index (χ0v) is 9.31. The van der Waals surface area contributed by atoms with Crippen molar-refractivity contribution >= 4 is 5.97 Å². The Bertz CT molecular complexity index is 369. The summed E-state index contributed by atoms with van der Waals surface area (Å²) in [7, 11) is 2.10. The number of carboxylic acids is 1. The predicted octanol–water partition coefficient (Wildman–Crippen LogP) is -0.145. The summed E-state index contributed by atoms with van der Waals surface area (Å²) in [4.78, 5) is 22.1. The normalized spacial score (nSPS) is 18.8. The first-order valence-electron chi connectivity index (χ1n) is 5.33. The Balaban J connectivity index is 1.91. The number of hydrogen-bond acceptors (Lipinski definition) is 4. The number of aromatic nitrogens is 2. The van der Waals surface area contributed by atoms with E-state index >= 15 is 0 Å². The number of nitrogens with zero attached hydrogens (tertiary/aromatic N) is 3. The molecule has 88 valence electrons. The molecule has 1 saturated heterocycles. The van der Waals surface area contributed by atoms with Crippen LogP contribution in [-0.2, 0) is 6.54 Å². The van der Waals surface area contributed by atoms with E-state index in [9.17, 15) is 4.79 Å². The van der Waals surface area contributed by atoms with E-state index in [4.69, 9.17) is 5.11 Å². The minimum absolute atomic E-state index is 0.157. The van der Waals surface area contributed by atoms with Gasteiger partial charge in [0.15, 0.2) is 0 Å². The molecule has 2 N–H and O–H groups in total. The number of imidazole rings is 1. The van der Waals surface area contributed by atoms with Crippen molar-refractivity contribution in [2.24, 2.45) is 0 Å². The van der Waals surface area contributed by atoms with Crippen LogP contribution in [0.3, 0.4) is 0 Å². The van der Waals surface area contributed by atoms with Gasteiger partial charge < -0.3 is 15.0 Å². The van der Waals surface area contributed by atoms with Crippen LogP contribution < -0.4 is 0 Å². The summed E-state index contributed by atoms with van der Waals surface area (Å²) in [6.45, 7) is 4.79. The lowest BCUT2D eigenvalue weighted by Crippen LogP contribution is -2.44. The third-order valence-corrected chi connectivity index (χ3v) is 2.83. The van der Waals surface area contributed by atoms with Crippen LogP contribution in [0.1, 0.15) is 16.3 Å². The summed E-state index contributed by atoms with van der Waals surface area (Å²) in [5.41, 5.74) is 0.157. The summed E-state index contributed by atoms with van der Waals surface area (Å²) in [5.74, 6) is -0.237. The lowest BCUT2D eigenvalue weighted by atomic mass is 10.3. The number of aromatic carboxylic acids is 1. The lowest BCUT2D eigenvalue weighted by molar-refractivity contribution is 0.0690. The van der Waals surface area contributed by atoms with Gasteiger partial charge in [-0.15, -0.1) is 0 Å². The number of nitrogens with one attached hydrogen (secondary N) is 1. The highest BCUT2D eigenvalue weighted by Crippen LogP contribution is 2.05. The van der Waals surface area contributed by atoms with Crippen molar-refractivity contribution in [3.63, 3.8) is 0 Å². The minimum atomic E-state index is -0.961. The van der Waals surface area contributed by atoms with Gasteiger partial charge in [0, 0.05) is 26.2 Å². The number of hydrogen-bond donors (Lipinski definition) is 2. The molecule has 0 radical (unpaired) electrons. The number of rotatable bonds is 3. The van der Waals surface area contributed by atoms with E-state index in [1.807, 2.05) is 0 Å². The molecule has 0 amide bonds. The number of aromatic amines is 1. The molecule has 0 atom stereocenters. The summed E-state index contributed by atoms with van der Waals surface area (Å²) < 4.78 is 0. The van der Waals surface area contributed by atoms with Crippen LogP contribution in [0.5, 0.6) is 0 Å². The molecule has 0 unspecified atom stereocenters. The molecule has 6 nitrogen and oxygen atoms in total. The van der Waals surface area contributed by atoms with Crippen molar-refractivity contribution in [3.05, 3.63) is 17.7 Å². The Labute approximate surface area is 93.9 Å². The molecule has 2 rings (SSSR count). The summed E-state index contributed by atoms with van der Waals surface area (Å²) in [6.07, 6.45) is 1.37. The van der Waals surface area contributed by atoms with Crippen molar-refractivity contribution in [3.8, 4) is 0 Å². The molecule has 6 heteroatoms. The van der Waals surface area contributed by atoms with Crippen LogP contribution in [-0.4, -0.2) is 64.1 Å². The van der Waals surface area contributed by atoms with E-state index in [2.05, 4.69) is 26.8 Å². The zero-order chi connectivity index (χ0) is 11.5. The number of likely N-dealkylation sites (N-methyl/N-ethyl adjacent to an activating group) is 1. The fraction of sp³-hybridized carbons (Fsp3) is 0.600. The third-order valence-electron chi connectivity index (χ3n) is 2.83. The Hall–Kier alpha value is -1.40. The average molecular weight is 224 g/mol. The molecule has 0 spiro atoms. The van der Waals surface area contributed by atoms with Crippen LogP contribution in [0.15, 0.2) is 6.20 Å². The second-order valence-electron chi connectivity index (χ2n) is 4.13. The van der Waals surface area contributed by atoms with E-state index in [-0.39, 0.29) is 5.69 Å². The van der Waals surface area contributed by atoms with Crippen molar-refractivity contribution in [2.45, 2.75) is 6.54 Å². The Morgan fingerprint density at radius 1 is 1.50 bits per heavy atom. The lowest BCUT2D eigenvalue weighted by Gasteiger charge is -2.31. The van der Waals surface area contributed by atoms with Crippen LogP contribution in [0, 0.1) is 0 Å². The van der Waals surface area contributed by atoms with Gasteiger partial charge in [-0.1, -0.05) is 0 Å². The fourth-order valence-electron chi connectivity index (χ4n) is 1.77. The molecule has 1 aliphatic rings. The van der Waals surface area contributed by atoms with Gasteiger partial charge in [-0.05, 0) is 7.05 Å². The molecule has 1 aromatic rings. The molecule has 2 heterocycles. The molecule has 0 bridgehead atoms. The highest BCUT2D eigenvalue weighted by atomic mass is 16.4. The molecular formula is C10H16N4O2. The van der Waals surface area contributed by atoms with Gasteiger partial charge in [0.25, 0.3) is 0 Å². The van der Waals surface area contributed by atoms with Gasteiger partial charge in [-0.2, -0.15) is 0 Å². The first-order chi connectivity index (χ1) is 7.65. The second kappa shape index (κ2) is 4.63. The number of piperazine rings is 1. The first kappa shape index (κ1) is 11.1. The quantitative estimate of drug-likeness (QED) is 0.747. The topological polar surface area (TPSA) is 72.5 Å². The zero-order valence-electron chi connectivity index (χ0n) is 9.31. The predicted molar refractivity (Wildman–Crippen MR) is 58.3 cm³/mol. The van der Waals surface area contributed by atoms with E-state index in [0.29, 0.717) is 6.54 Å². The smallest absolute Gasteiger partial charge is 0.353 e. The van der Waals surface area contributed by atoms with Gasteiger partial charge >= 0.3 is 5.97 Å². The largest absolute Gasteiger partial charge is 0.477 e. The molecule has 1 fully saturated rings. The highest BCUT2D eigenvalue weighted by molar-refractivity contribution is 5.84. The van der Waals surface area contributed by atoms with Crippen LogP contribution in [0.4, 0.5) is 0 Å². The second-order valence-corrected chi connectivity index (χ2v) is 4.13. The SMILES string of the molecule is CN1CCN(Cc2ncc(C(=O)O)[nH]2)CC1. The maximum atomic E-state index is 10.7.